The Morgan fingerprint density at radius 1 is 1.47 bits per heavy atom. The third kappa shape index (κ3) is 2.35. The molecule has 0 saturated carbocycles. The smallest absolute Gasteiger partial charge is 0.133 e. The molecule has 0 N–H and O–H groups in total. The van der Waals surface area contributed by atoms with E-state index in [-0.39, 0.29) is 0 Å². The first kappa shape index (κ1) is 11.0. The first-order valence-corrected chi connectivity index (χ1v) is 6.31. The Bertz CT molecular complexity index is 484. The number of rotatable bonds is 2. The average molecular weight is 302 g/mol. The molecule has 5 heteroatoms. The zero-order valence-corrected chi connectivity index (χ0v) is 11.2. The summed E-state index contributed by atoms with van der Waals surface area (Å²) in [5, 5.41) is 3.63. The highest BCUT2D eigenvalue weighted by molar-refractivity contribution is 9.10. The maximum absolute atomic E-state index is 5.16. The van der Waals surface area contributed by atoms with Gasteiger partial charge in [0.25, 0.3) is 0 Å². The number of thiol groups is 1. The molecule has 1 aromatic carbocycles. The highest BCUT2D eigenvalue weighted by Gasteiger charge is 2.06. The minimum atomic E-state index is 0.752. The number of thiazole rings is 1. The molecule has 15 heavy (non-hydrogen) atoms. The van der Waals surface area contributed by atoms with Crippen LogP contribution in [0.2, 0.25) is 0 Å². The number of ether oxygens (including phenoxy) is 1. The van der Waals surface area contributed by atoms with Crippen LogP contribution >= 0.6 is 39.9 Å². The van der Waals surface area contributed by atoms with Gasteiger partial charge in [-0.05, 0) is 34.1 Å². The van der Waals surface area contributed by atoms with Crippen LogP contribution in [0.25, 0.3) is 10.6 Å². The number of halogens is 1. The number of hydrogen-bond acceptors (Lipinski definition) is 4. The first-order valence-electron chi connectivity index (χ1n) is 4.19. The van der Waals surface area contributed by atoms with Crippen LogP contribution in [0, 0.1) is 0 Å². The number of nitrogens with zero attached hydrogens (tertiary/aromatic N) is 1. The van der Waals surface area contributed by atoms with Crippen molar-refractivity contribution in [2.24, 2.45) is 0 Å². The fourth-order valence-electron chi connectivity index (χ4n) is 1.20. The highest BCUT2D eigenvalue weighted by atomic mass is 79.9. The van der Waals surface area contributed by atoms with Crippen LogP contribution in [0.15, 0.2) is 33.1 Å². The topological polar surface area (TPSA) is 22.1 Å². The lowest BCUT2D eigenvalue weighted by atomic mass is 10.2. The molecule has 78 valence electrons. The summed E-state index contributed by atoms with van der Waals surface area (Å²) in [5.41, 5.74) is 1.06. The first-order chi connectivity index (χ1) is 7.20. The maximum Gasteiger partial charge on any atom is 0.133 e. The molecule has 0 aliphatic heterocycles. The SMILES string of the molecule is COc1ccc(-c2nc(S)cs2)cc1Br. The molecule has 0 aliphatic rings. The van der Waals surface area contributed by atoms with Gasteiger partial charge in [-0.2, -0.15) is 0 Å². The van der Waals surface area contributed by atoms with Gasteiger partial charge in [-0.25, -0.2) is 4.98 Å². The van der Waals surface area contributed by atoms with Crippen molar-refractivity contribution in [2.45, 2.75) is 5.03 Å². The van der Waals surface area contributed by atoms with Gasteiger partial charge in [0.1, 0.15) is 15.8 Å². The summed E-state index contributed by atoms with van der Waals surface area (Å²) in [6, 6.07) is 5.89. The quantitative estimate of drug-likeness (QED) is 0.851. The van der Waals surface area contributed by atoms with Gasteiger partial charge in [0.2, 0.25) is 0 Å². The molecule has 0 aliphatic carbocycles. The predicted octanol–water partition coefficient (Wildman–Crippen LogP) is 3.87. The van der Waals surface area contributed by atoms with Crippen molar-refractivity contribution in [2.75, 3.05) is 7.11 Å². The van der Waals surface area contributed by atoms with E-state index >= 15 is 0 Å². The fraction of sp³-hybridized carbons (Fsp3) is 0.100. The van der Waals surface area contributed by atoms with Gasteiger partial charge in [-0.15, -0.1) is 24.0 Å². The largest absolute Gasteiger partial charge is 0.496 e. The Morgan fingerprint density at radius 2 is 2.27 bits per heavy atom. The second-order valence-electron chi connectivity index (χ2n) is 2.86. The van der Waals surface area contributed by atoms with E-state index in [0.717, 1.165) is 25.8 Å². The summed E-state index contributed by atoms with van der Waals surface area (Å²) in [6.45, 7) is 0. The van der Waals surface area contributed by atoms with Crippen LogP contribution in [0.3, 0.4) is 0 Å². The lowest BCUT2D eigenvalue weighted by Gasteiger charge is -2.03. The van der Waals surface area contributed by atoms with Crippen LogP contribution in [-0.4, -0.2) is 12.1 Å². The summed E-state index contributed by atoms with van der Waals surface area (Å²) in [4.78, 5) is 4.30. The summed E-state index contributed by atoms with van der Waals surface area (Å²) in [7, 11) is 1.65. The summed E-state index contributed by atoms with van der Waals surface area (Å²) < 4.78 is 6.09. The van der Waals surface area contributed by atoms with Crippen molar-refractivity contribution in [1.82, 2.24) is 4.98 Å². The number of methoxy groups -OCH3 is 1. The molecule has 1 heterocycles. The number of benzene rings is 1. The third-order valence-corrected chi connectivity index (χ3v) is 3.81. The minimum Gasteiger partial charge on any atom is -0.496 e. The second-order valence-corrected chi connectivity index (χ2v) is 5.03. The van der Waals surface area contributed by atoms with E-state index in [2.05, 4.69) is 33.5 Å². The van der Waals surface area contributed by atoms with Crippen molar-refractivity contribution in [3.8, 4) is 16.3 Å². The van der Waals surface area contributed by atoms with Crippen LogP contribution in [0.1, 0.15) is 0 Å². The number of hydrogen-bond donors (Lipinski definition) is 1. The Morgan fingerprint density at radius 3 is 2.80 bits per heavy atom. The molecule has 2 nitrogen and oxygen atoms in total. The van der Waals surface area contributed by atoms with E-state index in [4.69, 9.17) is 4.74 Å². The Balaban J connectivity index is 2.42. The zero-order chi connectivity index (χ0) is 10.8. The van der Waals surface area contributed by atoms with Crippen molar-refractivity contribution in [3.63, 3.8) is 0 Å². The van der Waals surface area contributed by atoms with E-state index in [9.17, 15) is 0 Å². The van der Waals surface area contributed by atoms with Gasteiger partial charge in [0.05, 0.1) is 11.6 Å². The minimum absolute atomic E-state index is 0.752. The maximum atomic E-state index is 5.16. The monoisotopic (exact) mass is 301 g/mol. The van der Waals surface area contributed by atoms with Gasteiger partial charge < -0.3 is 4.74 Å². The van der Waals surface area contributed by atoms with Crippen molar-refractivity contribution in [3.05, 3.63) is 28.1 Å². The normalized spacial score (nSPS) is 10.3. The Kier molecular flexibility index (Phi) is 3.33. The van der Waals surface area contributed by atoms with Crippen molar-refractivity contribution < 1.29 is 4.74 Å². The fourth-order valence-corrected chi connectivity index (χ4v) is 2.75. The average Bonchev–Trinajstić information content (AvgIpc) is 2.65. The third-order valence-electron chi connectivity index (χ3n) is 1.89. The highest BCUT2D eigenvalue weighted by Crippen LogP contribution is 2.32. The molecule has 0 radical (unpaired) electrons. The van der Waals surface area contributed by atoms with Gasteiger partial charge in [0.15, 0.2) is 0 Å². The molecule has 0 fully saturated rings. The molecule has 2 aromatic rings. The molecular weight excluding hydrogens is 294 g/mol. The van der Waals surface area contributed by atoms with E-state index in [1.54, 1.807) is 18.4 Å². The lowest BCUT2D eigenvalue weighted by Crippen LogP contribution is -1.84. The second kappa shape index (κ2) is 4.55. The summed E-state index contributed by atoms with van der Waals surface area (Å²) in [5.74, 6) is 0.821. The zero-order valence-electron chi connectivity index (χ0n) is 7.90. The van der Waals surface area contributed by atoms with Crippen LogP contribution in [-0.2, 0) is 0 Å². The molecule has 0 atom stereocenters. The molecule has 0 unspecified atom stereocenters. The molecule has 0 amide bonds. The predicted molar refractivity (Wildman–Crippen MR) is 69.1 cm³/mol. The molecule has 0 spiro atoms. The molecule has 0 saturated heterocycles. The van der Waals surface area contributed by atoms with Crippen LogP contribution < -0.4 is 4.74 Å². The van der Waals surface area contributed by atoms with Crippen LogP contribution in [0.5, 0.6) is 5.75 Å². The number of aromatic nitrogens is 1. The van der Waals surface area contributed by atoms with Gasteiger partial charge in [-0.3, -0.25) is 0 Å². The van der Waals surface area contributed by atoms with Crippen molar-refractivity contribution >= 4 is 39.9 Å². The van der Waals surface area contributed by atoms with E-state index in [1.165, 1.54) is 0 Å². The van der Waals surface area contributed by atoms with Crippen LogP contribution in [0.4, 0.5) is 0 Å². The lowest BCUT2D eigenvalue weighted by molar-refractivity contribution is 0.412. The summed E-state index contributed by atoms with van der Waals surface area (Å²) >= 11 is 9.20. The van der Waals surface area contributed by atoms with Gasteiger partial charge in [-0.1, -0.05) is 0 Å². The van der Waals surface area contributed by atoms with Gasteiger partial charge >= 0.3 is 0 Å². The summed E-state index contributed by atoms with van der Waals surface area (Å²) in [6.07, 6.45) is 0. The Hall–Kier alpha value is -0.520. The molecule has 1 aromatic heterocycles. The van der Waals surface area contributed by atoms with E-state index < -0.39 is 0 Å². The molecular formula is C10H8BrNOS2. The molecule has 2 rings (SSSR count). The van der Waals surface area contributed by atoms with E-state index in [1.807, 2.05) is 23.6 Å². The van der Waals surface area contributed by atoms with Gasteiger partial charge in [0, 0.05) is 10.9 Å². The standard InChI is InChI=1S/C10H8BrNOS2/c1-13-8-3-2-6(4-7(8)11)10-12-9(14)5-15-10/h2-5,14H,1H3. The Labute approximate surface area is 106 Å². The van der Waals surface area contributed by atoms with Crippen molar-refractivity contribution in [1.29, 1.82) is 0 Å². The van der Waals surface area contributed by atoms with E-state index in [0.29, 0.717) is 0 Å². The molecule has 0 bridgehead atoms.